The Hall–Kier alpha value is -2.39. The Balaban J connectivity index is 3.73. The summed E-state index contributed by atoms with van der Waals surface area (Å²) in [6.45, 7) is 1.72. The van der Waals surface area contributed by atoms with Gasteiger partial charge in [0.2, 0.25) is 0 Å². The molecular weight excluding hydrogens is 283 g/mol. The molecular formula is C10H10F3N3O4. The van der Waals surface area contributed by atoms with Gasteiger partial charge in [-0.1, -0.05) is 0 Å². The van der Waals surface area contributed by atoms with Crippen molar-refractivity contribution in [1.29, 1.82) is 0 Å². The number of nitro groups is 2. The first kappa shape index (κ1) is 15.7. The summed E-state index contributed by atoms with van der Waals surface area (Å²) in [6.07, 6.45) is -4.90. The van der Waals surface area contributed by atoms with Crippen molar-refractivity contribution in [3.8, 4) is 0 Å². The van der Waals surface area contributed by atoms with E-state index in [-0.39, 0.29) is 6.54 Å². The lowest BCUT2D eigenvalue weighted by atomic mass is 10.1. The molecule has 0 aliphatic carbocycles. The minimum Gasteiger partial charge on any atom is -0.364 e. The fraction of sp³-hybridized carbons (Fsp3) is 0.400. The summed E-state index contributed by atoms with van der Waals surface area (Å²) >= 11 is 0. The number of nitrogens with zero attached hydrogens (tertiary/aromatic N) is 3. The maximum absolute atomic E-state index is 12.6. The fourth-order valence-corrected chi connectivity index (χ4v) is 1.60. The summed E-state index contributed by atoms with van der Waals surface area (Å²) in [7, 11) is 1.32. The lowest BCUT2D eigenvalue weighted by Gasteiger charge is -2.17. The Morgan fingerprint density at radius 3 is 1.80 bits per heavy atom. The average Bonchev–Trinajstić information content (AvgIpc) is 2.34. The van der Waals surface area contributed by atoms with Gasteiger partial charge < -0.3 is 4.90 Å². The summed E-state index contributed by atoms with van der Waals surface area (Å²) in [4.78, 5) is 20.8. The van der Waals surface area contributed by atoms with Crippen LogP contribution in [-0.2, 0) is 6.18 Å². The highest BCUT2D eigenvalue weighted by molar-refractivity contribution is 5.76. The van der Waals surface area contributed by atoms with E-state index >= 15 is 0 Å². The van der Waals surface area contributed by atoms with Crippen LogP contribution in [0, 0.1) is 20.2 Å². The highest BCUT2D eigenvalue weighted by atomic mass is 19.4. The second-order valence-corrected chi connectivity index (χ2v) is 3.89. The Labute approximate surface area is 110 Å². The van der Waals surface area contributed by atoms with Crippen molar-refractivity contribution < 1.29 is 23.0 Å². The van der Waals surface area contributed by atoms with Crippen LogP contribution >= 0.6 is 0 Å². The van der Waals surface area contributed by atoms with Crippen molar-refractivity contribution in [2.75, 3.05) is 18.5 Å². The van der Waals surface area contributed by atoms with Crippen molar-refractivity contribution >= 4 is 17.1 Å². The highest BCUT2D eigenvalue weighted by Crippen LogP contribution is 2.42. The number of hydrogen-bond donors (Lipinski definition) is 0. The summed E-state index contributed by atoms with van der Waals surface area (Å²) in [5.74, 6) is 0. The van der Waals surface area contributed by atoms with Crippen LogP contribution in [0.4, 0.5) is 30.2 Å². The number of anilines is 1. The molecule has 110 valence electrons. The van der Waals surface area contributed by atoms with Crippen LogP contribution in [0.2, 0.25) is 0 Å². The molecule has 0 unspecified atom stereocenters. The molecule has 7 nitrogen and oxygen atoms in total. The number of rotatable bonds is 4. The third-order valence-corrected chi connectivity index (χ3v) is 2.65. The van der Waals surface area contributed by atoms with Gasteiger partial charge in [0.05, 0.1) is 15.4 Å². The molecule has 1 rings (SSSR count). The summed E-state index contributed by atoms with van der Waals surface area (Å²) in [6, 6.07) is 0.600. The highest BCUT2D eigenvalue weighted by Gasteiger charge is 2.38. The fourth-order valence-electron chi connectivity index (χ4n) is 1.60. The van der Waals surface area contributed by atoms with E-state index in [1.54, 1.807) is 6.92 Å². The van der Waals surface area contributed by atoms with Crippen LogP contribution < -0.4 is 4.90 Å². The van der Waals surface area contributed by atoms with Gasteiger partial charge in [-0.15, -0.1) is 0 Å². The van der Waals surface area contributed by atoms with E-state index in [2.05, 4.69) is 0 Å². The number of benzene rings is 1. The van der Waals surface area contributed by atoms with Crippen molar-refractivity contribution in [3.05, 3.63) is 37.9 Å². The molecule has 0 saturated carbocycles. The third-order valence-electron chi connectivity index (χ3n) is 2.65. The topological polar surface area (TPSA) is 89.5 Å². The molecule has 1 aromatic carbocycles. The lowest BCUT2D eigenvalue weighted by molar-refractivity contribution is -0.393. The standard InChI is InChI=1S/C10H10F3N3O4/c1-3-14(2)9-7(15(17)18)4-6(10(11,12)13)5-8(9)16(19)20/h4-5H,3H2,1-2H3. The molecule has 0 saturated heterocycles. The number of halogens is 3. The van der Waals surface area contributed by atoms with Crippen molar-refractivity contribution in [1.82, 2.24) is 0 Å². The van der Waals surface area contributed by atoms with E-state index in [4.69, 9.17) is 0 Å². The first-order valence-corrected chi connectivity index (χ1v) is 5.34. The second kappa shape index (κ2) is 5.31. The SMILES string of the molecule is CCN(C)c1c([N+](=O)[O-])cc(C(F)(F)F)cc1[N+](=O)[O-]. The maximum atomic E-state index is 12.6. The lowest BCUT2D eigenvalue weighted by Crippen LogP contribution is -2.20. The minimum absolute atomic E-state index is 0.160. The third kappa shape index (κ3) is 2.95. The van der Waals surface area contributed by atoms with E-state index in [9.17, 15) is 33.4 Å². The van der Waals surface area contributed by atoms with Crippen LogP contribution in [0.5, 0.6) is 0 Å². The number of nitro benzene ring substituents is 2. The summed E-state index contributed by atoms with van der Waals surface area (Å²) in [5, 5.41) is 21.8. The number of alkyl halides is 3. The van der Waals surface area contributed by atoms with Gasteiger partial charge in [-0.2, -0.15) is 13.2 Å². The quantitative estimate of drug-likeness (QED) is 0.628. The summed E-state index contributed by atoms with van der Waals surface area (Å²) < 4.78 is 37.9. The van der Waals surface area contributed by atoms with Gasteiger partial charge in [-0.25, -0.2) is 0 Å². The van der Waals surface area contributed by atoms with Gasteiger partial charge in [-0.3, -0.25) is 20.2 Å². The average molecular weight is 293 g/mol. The molecule has 0 N–H and O–H groups in total. The normalized spacial score (nSPS) is 11.2. The van der Waals surface area contributed by atoms with Gasteiger partial charge in [0.1, 0.15) is 0 Å². The van der Waals surface area contributed by atoms with Crippen LogP contribution in [0.1, 0.15) is 12.5 Å². The Morgan fingerprint density at radius 2 is 1.55 bits per heavy atom. The molecule has 0 aromatic heterocycles. The molecule has 0 amide bonds. The minimum atomic E-state index is -4.90. The molecule has 1 aromatic rings. The van der Waals surface area contributed by atoms with Crippen LogP contribution in [0.15, 0.2) is 12.1 Å². The molecule has 0 spiro atoms. The molecule has 0 radical (unpaired) electrons. The van der Waals surface area contributed by atoms with Gasteiger partial charge in [0.25, 0.3) is 11.4 Å². The van der Waals surface area contributed by atoms with E-state index in [1.807, 2.05) is 0 Å². The number of hydrogen-bond acceptors (Lipinski definition) is 5. The van der Waals surface area contributed by atoms with Crippen LogP contribution in [-0.4, -0.2) is 23.4 Å². The smallest absolute Gasteiger partial charge is 0.364 e. The molecule has 0 fully saturated rings. The maximum Gasteiger partial charge on any atom is 0.416 e. The zero-order valence-electron chi connectivity index (χ0n) is 10.5. The van der Waals surface area contributed by atoms with E-state index < -0.39 is 38.6 Å². The predicted octanol–water partition coefficient (Wildman–Crippen LogP) is 2.98. The first-order chi connectivity index (χ1) is 9.09. The Morgan fingerprint density at radius 1 is 1.15 bits per heavy atom. The van der Waals surface area contributed by atoms with Gasteiger partial charge in [0.15, 0.2) is 5.69 Å². The summed E-state index contributed by atoms with van der Waals surface area (Å²) in [5.41, 5.74) is -3.77. The van der Waals surface area contributed by atoms with Crippen molar-refractivity contribution in [2.24, 2.45) is 0 Å². The Kier molecular flexibility index (Phi) is 4.16. The van der Waals surface area contributed by atoms with E-state index in [0.29, 0.717) is 12.1 Å². The molecule has 0 atom stereocenters. The molecule has 10 heteroatoms. The monoisotopic (exact) mass is 293 g/mol. The predicted molar refractivity (Wildman–Crippen MR) is 63.7 cm³/mol. The van der Waals surface area contributed by atoms with Crippen molar-refractivity contribution in [3.63, 3.8) is 0 Å². The van der Waals surface area contributed by atoms with E-state index in [0.717, 1.165) is 4.90 Å². The Bertz CT molecular complexity index is 524. The van der Waals surface area contributed by atoms with Crippen molar-refractivity contribution in [2.45, 2.75) is 13.1 Å². The largest absolute Gasteiger partial charge is 0.416 e. The molecule has 0 aliphatic rings. The zero-order chi connectivity index (χ0) is 15.7. The molecule has 20 heavy (non-hydrogen) atoms. The first-order valence-electron chi connectivity index (χ1n) is 5.34. The molecule has 0 heterocycles. The molecule has 0 aliphatic heterocycles. The van der Waals surface area contributed by atoms with Crippen LogP contribution in [0.3, 0.4) is 0 Å². The van der Waals surface area contributed by atoms with E-state index in [1.165, 1.54) is 7.05 Å². The van der Waals surface area contributed by atoms with Gasteiger partial charge in [0, 0.05) is 25.7 Å². The van der Waals surface area contributed by atoms with Gasteiger partial charge in [-0.05, 0) is 6.92 Å². The second-order valence-electron chi connectivity index (χ2n) is 3.89. The zero-order valence-corrected chi connectivity index (χ0v) is 10.5. The van der Waals surface area contributed by atoms with Crippen LogP contribution in [0.25, 0.3) is 0 Å². The molecule has 0 bridgehead atoms. The van der Waals surface area contributed by atoms with Gasteiger partial charge >= 0.3 is 6.18 Å².